The average Bonchev–Trinajstić information content (AvgIpc) is 2.35. The fourth-order valence-corrected chi connectivity index (χ4v) is 3.50. The van der Waals surface area contributed by atoms with Crippen molar-refractivity contribution < 1.29 is 12.8 Å². The van der Waals surface area contributed by atoms with Gasteiger partial charge in [0.1, 0.15) is 5.82 Å². The van der Waals surface area contributed by atoms with Crippen LogP contribution < -0.4 is 5.73 Å². The van der Waals surface area contributed by atoms with Crippen LogP contribution in [-0.4, -0.2) is 8.42 Å². The molecule has 0 amide bonds. The van der Waals surface area contributed by atoms with Crippen molar-refractivity contribution in [2.24, 2.45) is 0 Å². The first-order valence-electron chi connectivity index (χ1n) is 5.42. The highest BCUT2D eigenvalue weighted by atomic mass is 35.5. The number of sulfone groups is 1. The zero-order valence-electron chi connectivity index (χ0n) is 9.81. The quantitative estimate of drug-likeness (QED) is 0.886. The normalized spacial score (nSPS) is 11.5. The molecule has 2 aromatic rings. The third-order valence-corrected chi connectivity index (χ3v) is 4.79. The standard InChI is InChI=1S/C13H11ClFNO2S/c14-13-9(4-3-5-10(13)15)8-19(17,18)12-7-2-1-6-11(12)16/h1-7H,8,16H2. The van der Waals surface area contributed by atoms with Crippen LogP contribution in [0.5, 0.6) is 0 Å². The SMILES string of the molecule is Nc1ccccc1S(=O)(=O)Cc1cccc(F)c1Cl. The molecule has 6 heteroatoms. The van der Waals surface area contributed by atoms with Crippen molar-refractivity contribution in [2.75, 3.05) is 5.73 Å². The minimum absolute atomic E-state index is 0.0235. The number of anilines is 1. The average molecular weight is 300 g/mol. The molecule has 0 bridgehead atoms. The number of hydrogen-bond acceptors (Lipinski definition) is 3. The molecule has 2 aromatic carbocycles. The van der Waals surface area contributed by atoms with Crippen LogP contribution in [0, 0.1) is 5.82 Å². The van der Waals surface area contributed by atoms with Crippen molar-refractivity contribution in [3.05, 3.63) is 58.9 Å². The first-order chi connectivity index (χ1) is 8.92. The lowest BCUT2D eigenvalue weighted by Gasteiger charge is -2.08. The Morgan fingerprint density at radius 3 is 2.47 bits per heavy atom. The van der Waals surface area contributed by atoms with Crippen molar-refractivity contribution in [3.8, 4) is 0 Å². The summed E-state index contributed by atoms with van der Waals surface area (Å²) in [6, 6.07) is 10.2. The third kappa shape index (κ3) is 2.88. The minimum atomic E-state index is -3.66. The topological polar surface area (TPSA) is 60.2 Å². The molecule has 19 heavy (non-hydrogen) atoms. The second-order valence-electron chi connectivity index (χ2n) is 4.01. The van der Waals surface area contributed by atoms with E-state index in [9.17, 15) is 12.8 Å². The lowest BCUT2D eigenvalue weighted by atomic mass is 10.2. The van der Waals surface area contributed by atoms with E-state index in [2.05, 4.69) is 0 Å². The van der Waals surface area contributed by atoms with Gasteiger partial charge in [0.05, 0.1) is 21.4 Å². The fourth-order valence-electron chi connectivity index (χ4n) is 1.71. The Labute approximate surface area is 115 Å². The summed E-state index contributed by atoms with van der Waals surface area (Å²) in [6.07, 6.45) is 0. The summed E-state index contributed by atoms with van der Waals surface area (Å²) in [7, 11) is -3.66. The highest BCUT2D eigenvalue weighted by Gasteiger charge is 2.20. The van der Waals surface area contributed by atoms with Crippen molar-refractivity contribution in [1.82, 2.24) is 0 Å². The Hall–Kier alpha value is -1.59. The van der Waals surface area contributed by atoms with Gasteiger partial charge in [-0.1, -0.05) is 35.9 Å². The van der Waals surface area contributed by atoms with Crippen LogP contribution in [0.4, 0.5) is 10.1 Å². The van der Waals surface area contributed by atoms with Gasteiger partial charge in [0.25, 0.3) is 0 Å². The maximum Gasteiger partial charge on any atom is 0.184 e. The van der Waals surface area contributed by atoms with Gasteiger partial charge in [0.15, 0.2) is 9.84 Å². The number of halogens is 2. The molecular formula is C13H11ClFNO2S. The molecule has 0 spiro atoms. The van der Waals surface area contributed by atoms with Crippen molar-refractivity contribution >= 4 is 27.1 Å². The molecule has 0 heterocycles. The van der Waals surface area contributed by atoms with Gasteiger partial charge in [0.2, 0.25) is 0 Å². The highest BCUT2D eigenvalue weighted by Crippen LogP contribution is 2.26. The summed E-state index contributed by atoms with van der Waals surface area (Å²) in [5, 5.41) is -0.180. The number of para-hydroxylation sites is 1. The first kappa shape index (κ1) is 13.8. The second kappa shape index (κ2) is 5.19. The molecule has 0 saturated heterocycles. The predicted octanol–water partition coefficient (Wildman–Crippen LogP) is 3.04. The number of nitrogens with two attached hydrogens (primary N) is 1. The largest absolute Gasteiger partial charge is 0.398 e. The summed E-state index contributed by atoms with van der Waals surface area (Å²) in [6.45, 7) is 0. The van der Waals surface area contributed by atoms with Gasteiger partial charge < -0.3 is 5.73 Å². The zero-order chi connectivity index (χ0) is 14.0. The lowest BCUT2D eigenvalue weighted by molar-refractivity contribution is 0.595. The fraction of sp³-hybridized carbons (Fsp3) is 0.0769. The third-order valence-electron chi connectivity index (χ3n) is 2.63. The van der Waals surface area contributed by atoms with E-state index in [0.717, 1.165) is 0 Å². The van der Waals surface area contributed by atoms with E-state index < -0.39 is 21.4 Å². The zero-order valence-corrected chi connectivity index (χ0v) is 11.4. The van der Waals surface area contributed by atoms with Crippen molar-refractivity contribution in [2.45, 2.75) is 10.6 Å². The molecule has 2 N–H and O–H groups in total. The first-order valence-corrected chi connectivity index (χ1v) is 7.45. The van der Waals surface area contributed by atoms with E-state index in [1.54, 1.807) is 12.1 Å². The lowest BCUT2D eigenvalue weighted by Crippen LogP contribution is -2.08. The van der Waals surface area contributed by atoms with Gasteiger partial charge in [-0.2, -0.15) is 0 Å². The number of benzene rings is 2. The molecule has 0 radical (unpaired) electrons. The van der Waals surface area contributed by atoms with Crippen LogP contribution >= 0.6 is 11.6 Å². The highest BCUT2D eigenvalue weighted by molar-refractivity contribution is 7.90. The van der Waals surface area contributed by atoms with Crippen molar-refractivity contribution in [1.29, 1.82) is 0 Å². The van der Waals surface area contributed by atoms with E-state index in [4.69, 9.17) is 17.3 Å². The molecule has 2 rings (SSSR count). The number of rotatable bonds is 3. The Kier molecular flexibility index (Phi) is 3.78. The Morgan fingerprint density at radius 1 is 1.11 bits per heavy atom. The van der Waals surface area contributed by atoms with Crippen LogP contribution in [-0.2, 0) is 15.6 Å². The van der Waals surface area contributed by atoms with Gasteiger partial charge in [-0.05, 0) is 23.8 Å². The smallest absolute Gasteiger partial charge is 0.184 e. The van der Waals surface area contributed by atoms with Gasteiger partial charge in [-0.25, -0.2) is 12.8 Å². The summed E-state index contributed by atoms with van der Waals surface area (Å²) < 4.78 is 37.7. The number of nitrogen functional groups attached to an aromatic ring is 1. The summed E-state index contributed by atoms with van der Waals surface area (Å²) in [5.74, 6) is -1.03. The molecule has 0 atom stereocenters. The van der Waals surface area contributed by atoms with Crippen molar-refractivity contribution in [3.63, 3.8) is 0 Å². The molecule has 0 unspecified atom stereocenters. The Bertz CT molecular complexity index is 716. The molecular weight excluding hydrogens is 289 g/mol. The molecule has 0 fully saturated rings. The van der Waals surface area contributed by atoms with E-state index >= 15 is 0 Å². The maximum atomic E-state index is 13.3. The Balaban J connectivity index is 2.43. The summed E-state index contributed by atoms with van der Waals surface area (Å²) in [4.78, 5) is 0.0235. The molecule has 0 aliphatic rings. The molecule has 0 aliphatic heterocycles. The molecule has 0 saturated carbocycles. The van der Waals surface area contributed by atoms with Crippen LogP contribution in [0.15, 0.2) is 47.4 Å². The maximum absolute atomic E-state index is 13.3. The summed E-state index contributed by atoms with van der Waals surface area (Å²) >= 11 is 5.76. The molecule has 100 valence electrons. The minimum Gasteiger partial charge on any atom is -0.398 e. The Morgan fingerprint density at radius 2 is 1.79 bits per heavy atom. The predicted molar refractivity (Wildman–Crippen MR) is 73.2 cm³/mol. The summed E-state index contributed by atoms with van der Waals surface area (Å²) in [5.41, 5.74) is 6.02. The van der Waals surface area contributed by atoms with Crippen LogP contribution in [0.25, 0.3) is 0 Å². The second-order valence-corrected chi connectivity index (χ2v) is 6.35. The van der Waals surface area contributed by atoms with Gasteiger partial charge >= 0.3 is 0 Å². The molecule has 3 nitrogen and oxygen atoms in total. The van der Waals surface area contributed by atoms with E-state index in [0.29, 0.717) is 0 Å². The van der Waals surface area contributed by atoms with Gasteiger partial charge in [-0.15, -0.1) is 0 Å². The van der Waals surface area contributed by atoms with E-state index in [1.165, 1.54) is 30.3 Å². The van der Waals surface area contributed by atoms with Crippen LogP contribution in [0.3, 0.4) is 0 Å². The monoisotopic (exact) mass is 299 g/mol. The molecule has 0 aliphatic carbocycles. The van der Waals surface area contributed by atoms with Gasteiger partial charge in [0, 0.05) is 0 Å². The van der Waals surface area contributed by atoms with E-state index in [1.807, 2.05) is 0 Å². The molecule has 0 aromatic heterocycles. The number of hydrogen-bond donors (Lipinski definition) is 1. The van der Waals surface area contributed by atoms with Crippen LogP contribution in [0.1, 0.15) is 5.56 Å². The van der Waals surface area contributed by atoms with E-state index in [-0.39, 0.29) is 21.2 Å². The van der Waals surface area contributed by atoms with Gasteiger partial charge in [-0.3, -0.25) is 0 Å². The van der Waals surface area contributed by atoms with Crippen LogP contribution in [0.2, 0.25) is 5.02 Å².